The van der Waals surface area contributed by atoms with E-state index in [-0.39, 0.29) is 0 Å². The van der Waals surface area contributed by atoms with Gasteiger partial charge in [-0.05, 0) is 24.9 Å². The summed E-state index contributed by atoms with van der Waals surface area (Å²) < 4.78 is 0. The lowest BCUT2D eigenvalue weighted by atomic mass is 9.90. The average Bonchev–Trinajstić information content (AvgIpc) is 2.35. The number of nitrogens with zero attached hydrogens (tertiary/aromatic N) is 2. The van der Waals surface area contributed by atoms with E-state index in [9.17, 15) is 0 Å². The molecule has 0 saturated carbocycles. The van der Waals surface area contributed by atoms with Gasteiger partial charge in [0.25, 0.3) is 0 Å². The number of rotatable bonds is 3. The van der Waals surface area contributed by atoms with Crippen LogP contribution in [-0.4, -0.2) is 29.0 Å². The summed E-state index contributed by atoms with van der Waals surface area (Å²) in [5.41, 5.74) is 7.15. The van der Waals surface area contributed by atoms with Crippen molar-refractivity contribution in [3.8, 4) is 0 Å². The molecule has 0 amide bonds. The molecule has 2 rings (SSSR count). The number of hydrogen-bond donors (Lipinski definition) is 1. The molecule has 1 aromatic rings. The summed E-state index contributed by atoms with van der Waals surface area (Å²) in [4.78, 5) is 6.47. The van der Waals surface area contributed by atoms with E-state index in [4.69, 9.17) is 28.9 Å². The molecule has 2 atom stereocenters. The van der Waals surface area contributed by atoms with Gasteiger partial charge in [-0.25, -0.2) is 4.98 Å². The molecule has 2 heterocycles. The lowest BCUT2D eigenvalue weighted by molar-refractivity contribution is 0.145. The molecule has 5 heteroatoms. The molecule has 0 radical (unpaired) electrons. The average molecular weight is 288 g/mol. The van der Waals surface area contributed by atoms with E-state index in [0.29, 0.717) is 22.3 Å². The first-order chi connectivity index (χ1) is 8.60. The summed E-state index contributed by atoms with van der Waals surface area (Å²) in [6.07, 6.45) is 2.18. The van der Waals surface area contributed by atoms with Crippen molar-refractivity contribution in [1.82, 2.24) is 9.88 Å². The summed E-state index contributed by atoms with van der Waals surface area (Å²) in [5.74, 6) is 0.581. The largest absolute Gasteiger partial charge is 0.327 e. The maximum absolute atomic E-state index is 6.11. The normalized spacial score (nSPS) is 25.3. The molecule has 1 aliphatic rings. The van der Waals surface area contributed by atoms with Crippen molar-refractivity contribution in [3.05, 3.63) is 28.0 Å². The van der Waals surface area contributed by atoms with E-state index < -0.39 is 0 Å². The van der Waals surface area contributed by atoms with Gasteiger partial charge in [0.15, 0.2) is 0 Å². The van der Waals surface area contributed by atoms with Crippen molar-refractivity contribution >= 4 is 23.2 Å². The van der Waals surface area contributed by atoms with Gasteiger partial charge in [0.05, 0.1) is 0 Å². The number of halogens is 2. The third-order valence-corrected chi connectivity index (χ3v) is 4.22. The zero-order chi connectivity index (χ0) is 13.1. The van der Waals surface area contributed by atoms with Crippen molar-refractivity contribution in [2.75, 3.05) is 13.1 Å². The molecule has 0 spiro atoms. The molecule has 0 bridgehead atoms. The first-order valence-electron chi connectivity index (χ1n) is 6.39. The topological polar surface area (TPSA) is 42.2 Å². The van der Waals surface area contributed by atoms with Crippen LogP contribution in [0.3, 0.4) is 0 Å². The summed E-state index contributed by atoms with van der Waals surface area (Å²) in [6, 6.07) is 4.08. The first kappa shape index (κ1) is 14.1. The van der Waals surface area contributed by atoms with Crippen molar-refractivity contribution in [2.45, 2.75) is 32.4 Å². The highest BCUT2D eigenvalue weighted by atomic mass is 35.5. The van der Waals surface area contributed by atoms with Crippen molar-refractivity contribution in [2.24, 2.45) is 11.7 Å². The van der Waals surface area contributed by atoms with Crippen LogP contribution in [0.25, 0.3) is 0 Å². The molecule has 100 valence electrons. The predicted octanol–water partition coefficient (Wildman–Crippen LogP) is 2.95. The molecule has 18 heavy (non-hydrogen) atoms. The quantitative estimate of drug-likeness (QED) is 0.869. The summed E-state index contributed by atoms with van der Waals surface area (Å²) in [7, 11) is 0. The SMILES string of the molecule is CCC1CN(Cc2ccc(Cl)nc2Cl)CCC1N. The Balaban J connectivity index is 2.01. The minimum atomic E-state index is 0.338. The highest BCUT2D eigenvalue weighted by Gasteiger charge is 2.25. The van der Waals surface area contributed by atoms with Crippen LogP contribution in [0.5, 0.6) is 0 Å². The second-order valence-electron chi connectivity index (χ2n) is 4.94. The Kier molecular flexibility index (Phi) is 4.84. The fourth-order valence-corrected chi connectivity index (χ4v) is 2.91. The number of nitrogens with two attached hydrogens (primary N) is 1. The monoisotopic (exact) mass is 287 g/mol. The van der Waals surface area contributed by atoms with Gasteiger partial charge < -0.3 is 5.73 Å². The molecule has 1 aromatic heterocycles. The van der Waals surface area contributed by atoms with Crippen molar-refractivity contribution < 1.29 is 0 Å². The van der Waals surface area contributed by atoms with Gasteiger partial charge in [0, 0.05) is 24.7 Å². The lowest BCUT2D eigenvalue weighted by Crippen LogP contribution is -2.46. The number of likely N-dealkylation sites (tertiary alicyclic amines) is 1. The zero-order valence-electron chi connectivity index (χ0n) is 10.6. The standard InChI is InChI=1S/C13H19Cl2N3/c1-2-9-7-18(6-5-11(9)16)8-10-3-4-12(14)17-13(10)15/h3-4,9,11H,2,5-8,16H2,1H3. The molecular weight excluding hydrogens is 269 g/mol. The maximum atomic E-state index is 6.11. The highest BCUT2D eigenvalue weighted by molar-refractivity contribution is 6.32. The minimum absolute atomic E-state index is 0.338. The Hall–Kier alpha value is -0.350. The summed E-state index contributed by atoms with van der Waals surface area (Å²) in [5, 5.41) is 0.946. The number of piperidine rings is 1. The third kappa shape index (κ3) is 3.35. The second-order valence-corrected chi connectivity index (χ2v) is 5.69. The van der Waals surface area contributed by atoms with E-state index in [1.165, 1.54) is 0 Å². The van der Waals surface area contributed by atoms with Crippen LogP contribution in [0.2, 0.25) is 10.3 Å². The number of pyridine rings is 1. The fraction of sp³-hybridized carbons (Fsp3) is 0.615. The zero-order valence-corrected chi connectivity index (χ0v) is 12.1. The number of aromatic nitrogens is 1. The molecule has 2 N–H and O–H groups in total. The lowest BCUT2D eigenvalue weighted by Gasteiger charge is -2.36. The highest BCUT2D eigenvalue weighted by Crippen LogP contribution is 2.23. The number of hydrogen-bond acceptors (Lipinski definition) is 3. The Morgan fingerprint density at radius 3 is 2.89 bits per heavy atom. The van der Waals surface area contributed by atoms with Crippen LogP contribution in [0, 0.1) is 5.92 Å². The van der Waals surface area contributed by atoms with Gasteiger partial charge in [0.2, 0.25) is 0 Å². The van der Waals surface area contributed by atoms with Gasteiger partial charge in [0.1, 0.15) is 10.3 Å². The summed E-state index contributed by atoms with van der Waals surface area (Å²) >= 11 is 11.9. The van der Waals surface area contributed by atoms with Crippen LogP contribution in [0.4, 0.5) is 0 Å². The van der Waals surface area contributed by atoms with E-state index in [1.807, 2.05) is 6.07 Å². The summed E-state index contributed by atoms with van der Waals surface area (Å²) in [6.45, 7) is 5.09. The van der Waals surface area contributed by atoms with Gasteiger partial charge in [-0.2, -0.15) is 0 Å². The van der Waals surface area contributed by atoms with Gasteiger partial charge >= 0.3 is 0 Å². The van der Waals surface area contributed by atoms with Gasteiger partial charge in [-0.15, -0.1) is 0 Å². The molecule has 0 aromatic carbocycles. The fourth-order valence-electron chi connectivity index (χ4n) is 2.50. The predicted molar refractivity (Wildman–Crippen MR) is 75.9 cm³/mol. The maximum Gasteiger partial charge on any atom is 0.135 e. The molecule has 3 nitrogen and oxygen atoms in total. The molecule has 1 saturated heterocycles. The van der Waals surface area contributed by atoms with Crippen LogP contribution in [0.15, 0.2) is 12.1 Å². The van der Waals surface area contributed by atoms with E-state index in [0.717, 1.165) is 38.0 Å². The molecule has 1 fully saturated rings. The van der Waals surface area contributed by atoms with Crippen LogP contribution in [0.1, 0.15) is 25.3 Å². The Bertz CT molecular complexity index is 411. The molecule has 2 unspecified atom stereocenters. The third-order valence-electron chi connectivity index (χ3n) is 3.69. The van der Waals surface area contributed by atoms with Crippen LogP contribution >= 0.6 is 23.2 Å². The minimum Gasteiger partial charge on any atom is -0.327 e. The van der Waals surface area contributed by atoms with E-state index >= 15 is 0 Å². The van der Waals surface area contributed by atoms with Crippen molar-refractivity contribution in [3.63, 3.8) is 0 Å². The van der Waals surface area contributed by atoms with Gasteiger partial charge in [-0.1, -0.05) is 42.6 Å². The smallest absolute Gasteiger partial charge is 0.135 e. The van der Waals surface area contributed by atoms with E-state index in [1.54, 1.807) is 6.07 Å². The molecular formula is C13H19Cl2N3. The van der Waals surface area contributed by atoms with E-state index in [2.05, 4.69) is 16.8 Å². The molecule has 0 aliphatic carbocycles. The van der Waals surface area contributed by atoms with Gasteiger partial charge in [-0.3, -0.25) is 4.90 Å². The van der Waals surface area contributed by atoms with Crippen LogP contribution < -0.4 is 5.73 Å². The molecule has 1 aliphatic heterocycles. The van der Waals surface area contributed by atoms with Crippen LogP contribution in [-0.2, 0) is 6.54 Å². The Morgan fingerprint density at radius 2 is 2.22 bits per heavy atom. The second kappa shape index (κ2) is 6.20. The Morgan fingerprint density at radius 1 is 1.44 bits per heavy atom. The Labute approximate surface area is 118 Å². The van der Waals surface area contributed by atoms with Crippen molar-refractivity contribution in [1.29, 1.82) is 0 Å². The first-order valence-corrected chi connectivity index (χ1v) is 7.14.